The van der Waals surface area contributed by atoms with Crippen LogP contribution in [0.25, 0.3) is 0 Å². The molecule has 0 N–H and O–H groups in total. The standard InChI is InChI=1S/C15H13Cl4IN2O2/c1-21(13(24)14(17)7-15(14,18)19)11-4-5-22(12(11)23)8-2-3-9(16)10(20)6-8/h2-3,6,11H,4-5,7H2,1H3. The third-order valence-corrected chi connectivity index (χ3v) is 7.70. The van der Waals surface area contributed by atoms with Gasteiger partial charge in [-0.15, -0.1) is 11.6 Å². The zero-order chi connectivity index (χ0) is 17.9. The van der Waals surface area contributed by atoms with Gasteiger partial charge in [-0.25, -0.2) is 0 Å². The van der Waals surface area contributed by atoms with Crippen LogP contribution in [0.4, 0.5) is 5.69 Å². The number of carbonyl (C=O) groups excluding carboxylic acids is 2. The van der Waals surface area contributed by atoms with E-state index >= 15 is 0 Å². The Hall–Kier alpha value is 0.0500. The van der Waals surface area contributed by atoms with Gasteiger partial charge in [-0.05, 0) is 47.2 Å². The first-order valence-corrected chi connectivity index (χ1v) is 9.78. The van der Waals surface area contributed by atoms with E-state index in [0.29, 0.717) is 18.0 Å². The van der Waals surface area contributed by atoms with Gasteiger partial charge in [0.05, 0.1) is 5.02 Å². The minimum atomic E-state index is -1.34. The third kappa shape index (κ3) is 3.00. The van der Waals surface area contributed by atoms with Crippen LogP contribution in [-0.4, -0.2) is 45.6 Å². The van der Waals surface area contributed by atoms with Gasteiger partial charge in [-0.1, -0.05) is 34.8 Å². The Kier molecular flexibility index (Phi) is 4.97. The highest BCUT2D eigenvalue weighted by Gasteiger charge is 2.72. The molecule has 2 atom stereocenters. The maximum Gasteiger partial charge on any atom is 0.249 e. The normalized spacial score (nSPS) is 28.2. The second-order valence-corrected chi connectivity index (χ2v) is 9.69. The highest BCUT2D eigenvalue weighted by Crippen LogP contribution is 2.62. The van der Waals surface area contributed by atoms with Crippen LogP contribution in [0.3, 0.4) is 0 Å². The van der Waals surface area contributed by atoms with Gasteiger partial charge in [-0.2, -0.15) is 0 Å². The first-order valence-electron chi connectivity index (χ1n) is 7.19. The summed E-state index contributed by atoms with van der Waals surface area (Å²) in [7, 11) is 1.56. The summed E-state index contributed by atoms with van der Waals surface area (Å²) >= 11 is 26.3. The van der Waals surface area contributed by atoms with Crippen LogP contribution in [0.1, 0.15) is 12.8 Å². The van der Waals surface area contributed by atoms with Crippen molar-refractivity contribution < 1.29 is 9.59 Å². The van der Waals surface area contributed by atoms with E-state index in [0.717, 1.165) is 9.26 Å². The van der Waals surface area contributed by atoms with Gasteiger partial charge in [0.2, 0.25) is 11.8 Å². The van der Waals surface area contributed by atoms with Gasteiger partial charge < -0.3 is 9.80 Å². The minimum absolute atomic E-state index is 0.153. The third-order valence-electron chi connectivity index (χ3n) is 4.44. The van der Waals surface area contributed by atoms with E-state index in [1.807, 2.05) is 6.07 Å². The lowest BCUT2D eigenvalue weighted by Crippen LogP contribution is -2.47. The quantitative estimate of drug-likeness (QED) is 0.444. The number of rotatable bonds is 3. The molecule has 1 aromatic carbocycles. The first-order chi connectivity index (χ1) is 11.1. The van der Waals surface area contributed by atoms with Gasteiger partial charge in [-0.3, -0.25) is 9.59 Å². The molecule has 130 valence electrons. The monoisotopic (exact) mass is 520 g/mol. The smallest absolute Gasteiger partial charge is 0.249 e. The van der Waals surface area contributed by atoms with E-state index in [2.05, 4.69) is 22.6 Å². The number of carbonyl (C=O) groups is 2. The number of anilines is 1. The molecule has 9 heteroatoms. The summed E-state index contributed by atoms with van der Waals surface area (Å²) in [4.78, 5) is 27.0. The molecule has 0 aromatic heterocycles. The molecule has 24 heavy (non-hydrogen) atoms. The summed E-state index contributed by atoms with van der Waals surface area (Å²) in [6, 6.07) is 4.81. The number of nitrogens with zero attached hydrogens (tertiary/aromatic N) is 2. The van der Waals surface area contributed by atoms with Crippen LogP contribution in [0.5, 0.6) is 0 Å². The number of likely N-dealkylation sites (N-methyl/N-ethyl adjacent to an activating group) is 1. The molecule has 2 aliphatic rings. The molecule has 1 saturated heterocycles. The fourth-order valence-corrected chi connectivity index (χ4v) is 4.50. The van der Waals surface area contributed by atoms with Crippen molar-refractivity contribution in [2.24, 2.45) is 0 Å². The average Bonchev–Trinajstić information content (AvgIpc) is 2.85. The molecule has 2 unspecified atom stereocenters. The maximum absolute atomic E-state index is 12.7. The van der Waals surface area contributed by atoms with Crippen LogP contribution in [0, 0.1) is 3.57 Å². The summed E-state index contributed by atoms with van der Waals surface area (Å²) in [5, 5.41) is 0.633. The first kappa shape index (κ1) is 18.8. The number of benzene rings is 1. The van der Waals surface area contributed by atoms with Crippen LogP contribution >= 0.6 is 69.0 Å². The SMILES string of the molecule is CN(C(=O)C1(Cl)CC1(Cl)Cl)C1CCN(c2ccc(Cl)c(I)c2)C1=O. The number of amides is 2. The zero-order valence-corrected chi connectivity index (χ0v) is 17.7. The van der Waals surface area contributed by atoms with E-state index in [4.69, 9.17) is 46.4 Å². The highest BCUT2D eigenvalue weighted by molar-refractivity contribution is 14.1. The minimum Gasteiger partial charge on any atom is -0.332 e. The van der Waals surface area contributed by atoms with E-state index in [1.165, 1.54) is 4.90 Å². The van der Waals surface area contributed by atoms with Crippen molar-refractivity contribution in [1.82, 2.24) is 4.90 Å². The van der Waals surface area contributed by atoms with Crippen molar-refractivity contribution in [3.63, 3.8) is 0 Å². The van der Waals surface area contributed by atoms with Crippen LogP contribution in [0.15, 0.2) is 18.2 Å². The fourth-order valence-electron chi connectivity index (χ4n) is 2.85. The molecular weight excluding hydrogens is 509 g/mol. The average molecular weight is 522 g/mol. The van der Waals surface area contributed by atoms with Crippen molar-refractivity contribution in [3.05, 3.63) is 26.8 Å². The molecule has 2 amide bonds. The lowest BCUT2D eigenvalue weighted by Gasteiger charge is -2.26. The summed E-state index contributed by atoms with van der Waals surface area (Å²) in [6.07, 6.45) is 0.693. The molecule has 1 heterocycles. The van der Waals surface area contributed by atoms with Crippen molar-refractivity contribution >= 4 is 86.5 Å². The Bertz CT molecular complexity index is 729. The van der Waals surface area contributed by atoms with Crippen molar-refractivity contribution in [2.75, 3.05) is 18.5 Å². The molecule has 0 radical (unpaired) electrons. The molecule has 1 aromatic rings. The topological polar surface area (TPSA) is 40.6 Å². The Balaban J connectivity index is 1.76. The van der Waals surface area contributed by atoms with Crippen LogP contribution < -0.4 is 4.90 Å². The molecule has 0 bridgehead atoms. The lowest BCUT2D eigenvalue weighted by atomic mass is 10.2. The molecule has 0 spiro atoms. The van der Waals surface area contributed by atoms with E-state index in [9.17, 15) is 9.59 Å². The summed E-state index contributed by atoms with van der Waals surface area (Å²) in [5.41, 5.74) is 0.758. The van der Waals surface area contributed by atoms with Gasteiger partial charge in [0, 0.05) is 29.3 Å². The van der Waals surface area contributed by atoms with Crippen molar-refractivity contribution in [3.8, 4) is 0 Å². The number of halogens is 5. The number of alkyl halides is 3. The largest absolute Gasteiger partial charge is 0.332 e. The summed E-state index contributed by atoms with van der Waals surface area (Å²) in [5.74, 6) is -0.570. The molecular formula is C15H13Cl4IN2O2. The van der Waals surface area contributed by atoms with Crippen molar-refractivity contribution in [2.45, 2.75) is 28.1 Å². The summed E-state index contributed by atoms with van der Waals surface area (Å²) in [6.45, 7) is 0.515. The number of hydrogen-bond acceptors (Lipinski definition) is 2. The molecule has 3 rings (SSSR count). The second-order valence-electron chi connectivity index (χ2n) is 5.99. The highest BCUT2D eigenvalue weighted by atomic mass is 127. The fraction of sp³-hybridized carbons (Fsp3) is 0.467. The Morgan fingerprint density at radius 2 is 2.00 bits per heavy atom. The molecule has 1 aliphatic carbocycles. The van der Waals surface area contributed by atoms with E-state index in [-0.39, 0.29) is 12.3 Å². The predicted molar refractivity (Wildman–Crippen MR) is 105 cm³/mol. The summed E-state index contributed by atoms with van der Waals surface area (Å²) < 4.78 is -0.410. The molecule has 1 aliphatic heterocycles. The van der Waals surface area contributed by atoms with E-state index < -0.39 is 21.2 Å². The van der Waals surface area contributed by atoms with Gasteiger partial charge >= 0.3 is 0 Å². The maximum atomic E-state index is 12.7. The number of hydrogen-bond donors (Lipinski definition) is 0. The second kappa shape index (κ2) is 6.34. The Morgan fingerprint density at radius 1 is 1.38 bits per heavy atom. The van der Waals surface area contributed by atoms with Gasteiger partial charge in [0.25, 0.3) is 0 Å². The van der Waals surface area contributed by atoms with E-state index in [1.54, 1.807) is 24.1 Å². The van der Waals surface area contributed by atoms with Gasteiger partial charge in [0.1, 0.15) is 10.4 Å². The predicted octanol–water partition coefficient (Wildman–Crippen LogP) is 4.06. The zero-order valence-electron chi connectivity index (χ0n) is 12.5. The van der Waals surface area contributed by atoms with Gasteiger partial charge in [0.15, 0.2) is 4.87 Å². The molecule has 2 fully saturated rings. The van der Waals surface area contributed by atoms with Crippen LogP contribution in [-0.2, 0) is 9.59 Å². The molecule has 4 nitrogen and oxygen atoms in total. The Morgan fingerprint density at radius 3 is 2.54 bits per heavy atom. The van der Waals surface area contributed by atoms with Crippen molar-refractivity contribution in [1.29, 1.82) is 0 Å². The Labute approximate surface area is 173 Å². The van der Waals surface area contributed by atoms with Crippen LogP contribution in [0.2, 0.25) is 5.02 Å². The molecule has 1 saturated carbocycles. The lowest BCUT2D eigenvalue weighted by molar-refractivity contribution is -0.137.